The van der Waals surface area contributed by atoms with Crippen LogP contribution in [0.2, 0.25) is 0 Å². The van der Waals surface area contributed by atoms with E-state index in [1.807, 2.05) is 16.8 Å². The number of aryl methyl sites for hydroxylation is 1. The average molecular weight is 362 g/mol. The maximum Gasteiger partial charge on any atom is 0.394 e. The molecule has 0 radical (unpaired) electrons. The Morgan fingerprint density at radius 2 is 1.92 bits per heavy atom. The van der Waals surface area contributed by atoms with Gasteiger partial charge in [-0.15, -0.1) is 0 Å². The van der Waals surface area contributed by atoms with Gasteiger partial charge in [0, 0.05) is 42.2 Å². The van der Waals surface area contributed by atoms with E-state index in [-0.39, 0.29) is 25.2 Å². The third-order valence-electron chi connectivity index (χ3n) is 6.12. The van der Waals surface area contributed by atoms with E-state index in [1.165, 1.54) is 0 Å². The Morgan fingerprint density at radius 1 is 1.23 bits per heavy atom. The van der Waals surface area contributed by atoms with Crippen LogP contribution in [0.5, 0.6) is 0 Å². The molecule has 3 saturated carbocycles. The summed E-state index contributed by atoms with van der Waals surface area (Å²) in [7, 11) is 3.35. The second-order valence-corrected chi connectivity index (χ2v) is 7.72. The second-order valence-electron chi connectivity index (χ2n) is 7.72. The first kappa shape index (κ1) is 15.7. The van der Waals surface area contributed by atoms with Crippen LogP contribution in [0.15, 0.2) is 24.4 Å². The molecule has 3 aliphatic rings. The van der Waals surface area contributed by atoms with Crippen molar-refractivity contribution < 1.29 is 18.0 Å². The summed E-state index contributed by atoms with van der Waals surface area (Å²) in [6.45, 7) is 0. The van der Waals surface area contributed by atoms with Gasteiger partial charge in [0.25, 0.3) is 5.91 Å². The Labute approximate surface area is 146 Å². The second kappa shape index (κ2) is 4.42. The predicted molar refractivity (Wildman–Crippen MR) is 89.9 cm³/mol. The number of carbonyl (C=O) groups is 1. The van der Waals surface area contributed by atoms with Gasteiger partial charge in [0.05, 0.1) is 10.9 Å². The largest absolute Gasteiger partial charge is 0.394 e. The lowest BCUT2D eigenvalue weighted by Gasteiger charge is -2.70. The quantitative estimate of drug-likeness (QED) is 0.760. The van der Waals surface area contributed by atoms with Gasteiger partial charge in [-0.1, -0.05) is 0 Å². The van der Waals surface area contributed by atoms with E-state index in [0.717, 1.165) is 16.3 Å². The van der Waals surface area contributed by atoms with Crippen LogP contribution in [0.3, 0.4) is 0 Å². The molecular formula is C18H17F3N4O. The van der Waals surface area contributed by atoms with Crippen molar-refractivity contribution in [2.24, 2.45) is 12.5 Å². The zero-order chi connectivity index (χ0) is 18.5. The van der Waals surface area contributed by atoms with Gasteiger partial charge in [0.15, 0.2) is 5.65 Å². The minimum absolute atomic E-state index is 0.107. The summed E-state index contributed by atoms with van der Waals surface area (Å²) >= 11 is 0. The van der Waals surface area contributed by atoms with Gasteiger partial charge in [-0.2, -0.15) is 18.3 Å². The number of nitrogens with one attached hydrogen (secondary N) is 1. The molecule has 3 aromatic rings. The smallest absolute Gasteiger partial charge is 0.355 e. The van der Waals surface area contributed by atoms with Crippen LogP contribution < -0.4 is 5.32 Å². The Kier molecular flexibility index (Phi) is 2.67. The molecule has 2 heterocycles. The molecule has 136 valence electrons. The molecule has 8 heteroatoms. The Hall–Kier alpha value is -2.51. The third-order valence-corrected chi connectivity index (χ3v) is 6.12. The number of amides is 1. The van der Waals surface area contributed by atoms with Crippen molar-refractivity contribution in [1.82, 2.24) is 19.7 Å². The molecule has 0 aliphatic heterocycles. The highest BCUT2D eigenvalue weighted by atomic mass is 19.4. The SMILES string of the molecule is CNC(=O)c1ccc2c(c1)c1cn(C)nc1n2C12CC(C(F)(F)F)(C1)C2. The Bertz CT molecular complexity index is 1070. The zero-order valence-electron chi connectivity index (χ0n) is 14.3. The van der Waals surface area contributed by atoms with Gasteiger partial charge in [0.1, 0.15) is 0 Å². The van der Waals surface area contributed by atoms with Gasteiger partial charge >= 0.3 is 6.18 Å². The first-order valence-electron chi connectivity index (χ1n) is 8.47. The maximum absolute atomic E-state index is 13.3. The summed E-state index contributed by atoms with van der Waals surface area (Å²) in [5, 5.41) is 8.80. The highest BCUT2D eigenvalue weighted by Gasteiger charge is 2.79. The summed E-state index contributed by atoms with van der Waals surface area (Å²) in [5.41, 5.74) is 0.0102. The predicted octanol–water partition coefficient (Wildman–Crippen LogP) is 3.33. The van der Waals surface area contributed by atoms with Crippen LogP contribution >= 0.6 is 0 Å². The first-order valence-corrected chi connectivity index (χ1v) is 8.47. The molecule has 2 aromatic heterocycles. The zero-order valence-corrected chi connectivity index (χ0v) is 14.3. The van der Waals surface area contributed by atoms with Crippen molar-refractivity contribution in [3.8, 4) is 0 Å². The molecule has 5 nitrogen and oxygen atoms in total. The van der Waals surface area contributed by atoms with E-state index in [0.29, 0.717) is 11.2 Å². The number of nitrogens with zero attached hydrogens (tertiary/aromatic N) is 3. The normalized spacial score (nSPS) is 27.4. The monoisotopic (exact) mass is 362 g/mol. The van der Waals surface area contributed by atoms with Gasteiger partial charge in [-0.25, -0.2) is 0 Å². The van der Waals surface area contributed by atoms with Crippen molar-refractivity contribution in [2.45, 2.75) is 31.0 Å². The average Bonchev–Trinajstić information content (AvgIpc) is 2.99. The molecule has 0 atom stereocenters. The van der Waals surface area contributed by atoms with Crippen molar-refractivity contribution in [1.29, 1.82) is 0 Å². The lowest BCUT2D eigenvalue weighted by Crippen LogP contribution is -2.72. The summed E-state index contributed by atoms with van der Waals surface area (Å²) < 4.78 is 43.5. The summed E-state index contributed by atoms with van der Waals surface area (Å²) in [6, 6.07) is 5.32. The number of rotatable bonds is 2. The van der Waals surface area contributed by atoms with Crippen LogP contribution in [0.1, 0.15) is 29.6 Å². The van der Waals surface area contributed by atoms with E-state index in [2.05, 4.69) is 10.4 Å². The minimum Gasteiger partial charge on any atom is -0.355 e. The lowest BCUT2D eigenvalue weighted by atomic mass is 9.39. The molecule has 1 aromatic carbocycles. The van der Waals surface area contributed by atoms with E-state index in [9.17, 15) is 18.0 Å². The van der Waals surface area contributed by atoms with Crippen molar-refractivity contribution in [3.05, 3.63) is 30.0 Å². The van der Waals surface area contributed by atoms with Crippen LogP contribution in [0, 0.1) is 5.41 Å². The molecular weight excluding hydrogens is 345 g/mol. The number of halogens is 3. The summed E-state index contributed by atoms with van der Waals surface area (Å²) in [6.07, 6.45) is -1.97. The molecule has 0 unspecified atom stereocenters. The van der Waals surface area contributed by atoms with Crippen LogP contribution in [0.25, 0.3) is 21.9 Å². The van der Waals surface area contributed by atoms with E-state index in [1.54, 1.807) is 30.9 Å². The molecule has 6 rings (SSSR count). The number of benzene rings is 1. The number of hydrogen-bond donors (Lipinski definition) is 1. The Morgan fingerprint density at radius 3 is 2.54 bits per heavy atom. The number of alkyl halides is 3. The molecule has 26 heavy (non-hydrogen) atoms. The molecule has 2 bridgehead atoms. The number of carbonyl (C=O) groups excluding carboxylic acids is 1. The summed E-state index contributed by atoms with van der Waals surface area (Å²) in [4.78, 5) is 12.0. The fourth-order valence-corrected chi connectivity index (χ4v) is 4.93. The van der Waals surface area contributed by atoms with Gasteiger partial charge in [-0.05, 0) is 37.5 Å². The number of fused-ring (bicyclic) bond motifs is 3. The highest BCUT2D eigenvalue weighted by Crippen LogP contribution is 2.77. The van der Waals surface area contributed by atoms with E-state index >= 15 is 0 Å². The van der Waals surface area contributed by atoms with Gasteiger partial charge in [0.2, 0.25) is 0 Å². The standard InChI is InChI=1S/C18H17F3N4O/c1-22-15(26)10-3-4-13-11(5-10)12-6-24(2)23-14(12)25(13)17-7-16(8-17,9-17)18(19,20)21/h3-6H,7-9H2,1-2H3,(H,22,26). The van der Waals surface area contributed by atoms with Gasteiger partial charge < -0.3 is 9.88 Å². The lowest BCUT2D eigenvalue weighted by molar-refractivity contribution is -0.352. The maximum atomic E-state index is 13.3. The molecule has 0 spiro atoms. The molecule has 1 N–H and O–H groups in total. The fourth-order valence-electron chi connectivity index (χ4n) is 4.93. The Balaban J connectivity index is 1.70. The minimum atomic E-state index is -4.15. The topological polar surface area (TPSA) is 51.9 Å². The first-order chi connectivity index (χ1) is 12.2. The van der Waals surface area contributed by atoms with Crippen LogP contribution in [-0.4, -0.2) is 33.5 Å². The van der Waals surface area contributed by atoms with E-state index < -0.39 is 17.1 Å². The number of hydrogen-bond acceptors (Lipinski definition) is 2. The summed E-state index contributed by atoms with van der Waals surface area (Å²) in [5.74, 6) is -0.196. The van der Waals surface area contributed by atoms with E-state index in [4.69, 9.17) is 0 Å². The van der Waals surface area contributed by atoms with Crippen molar-refractivity contribution >= 4 is 27.8 Å². The number of aromatic nitrogens is 3. The van der Waals surface area contributed by atoms with Crippen LogP contribution in [0.4, 0.5) is 13.2 Å². The highest BCUT2D eigenvalue weighted by molar-refractivity contribution is 6.09. The molecule has 0 saturated heterocycles. The third kappa shape index (κ3) is 1.67. The fraction of sp³-hybridized carbons (Fsp3) is 0.444. The van der Waals surface area contributed by atoms with Crippen molar-refractivity contribution in [2.75, 3.05) is 7.05 Å². The van der Waals surface area contributed by atoms with Gasteiger partial charge in [-0.3, -0.25) is 9.48 Å². The molecule has 3 aliphatic carbocycles. The molecule has 3 fully saturated rings. The van der Waals surface area contributed by atoms with Crippen molar-refractivity contribution in [3.63, 3.8) is 0 Å². The molecule has 1 amide bonds. The van der Waals surface area contributed by atoms with Crippen LogP contribution in [-0.2, 0) is 12.6 Å².